The Morgan fingerprint density at radius 1 is 1.10 bits per heavy atom. The second kappa shape index (κ2) is 13.4. The van der Waals surface area contributed by atoms with Crippen molar-refractivity contribution in [1.29, 1.82) is 0 Å². The third-order valence-electron chi connectivity index (χ3n) is 6.26. The second-order valence-corrected chi connectivity index (χ2v) is 10.5. The molecule has 2 heterocycles. The van der Waals surface area contributed by atoms with Gasteiger partial charge in [-0.15, -0.1) is 6.42 Å². The highest BCUT2D eigenvalue weighted by atomic mass is 32.1. The van der Waals surface area contributed by atoms with E-state index in [1.165, 1.54) is 15.9 Å². The summed E-state index contributed by atoms with van der Waals surface area (Å²) in [6, 6.07) is 9.95. The molecule has 0 fully saturated rings. The summed E-state index contributed by atoms with van der Waals surface area (Å²) >= 11 is 1.23. The highest BCUT2D eigenvalue weighted by Crippen LogP contribution is 2.36. The van der Waals surface area contributed by atoms with E-state index in [1.54, 1.807) is 51.3 Å². The van der Waals surface area contributed by atoms with E-state index in [-0.39, 0.29) is 30.5 Å². The smallest absolute Gasteiger partial charge is 0.338 e. The van der Waals surface area contributed by atoms with Crippen molar-refractivity contribution in [2.24, 2.45) is 4.99 Å². The minimum Gasteiger partial charge on any atom is -0.493 e. The van der Waals surface area contributed by atoms with Crippen molar-refractivity contribution in [3.05, 3.63) is 78.5 Å². The lowest BCUT2D eigenvalue weighted by molar-refractivity contribution is -0.139. The van der Waals surface area contributed by atoms with Crippen LogP contribution in [0.15, 0.2) is 57.5 Å². The van der Waals surface area contributed by atoms with Crippen molar-refractivity contribution in [1.82, 2.24) is 4.57 Å². The molecular weight excluding hydrogens is 556 g/mol. The van der Waals surface area contributed by atoms with Gasteiger partial charge in [0.25, 0.3) is 5.56 Å². The van der Waals surface area contributed by atoms with Crippen molar-refractivity contribution in [3.8, 4) is 35.3 Å². The van der Waals surface area contributed by atoms with Crippen LogP contribution >= 0.6 is 11.3 Å². The normalized spacial score (nSPS) is 14.6. The number of rotatable bonds is 11. The molecule has 1 aliphatic heterocycles. The first-order chi connectivity index (χ1) is 20.2. The van der Waals surface area contributed by atoms with Crippen LogP contribution in [0.1, 0.15) is 51.8 Å². The van der Waals surface area contributed by atoms with Crippen LogP contribution in [0.5, 0.6) is 23.0 Å². The molecule has 220 valence electrons. The second-order valence-electron chi connectivity index (χ2n) is 9.51. The summed E-state index contributed by atoms with van der Waals surface area (Å²) in [6.07, 6.45) is 7.03. The van der Waals surface area contributed by atoms with Crippen molar-refractivity contribution < 1.29 is 28.5 Å². The summed E-state index contributed by atoms with van der Waals surface area (Å²) in [6.45, 7) is 9.91. The van der Waals surface area contributed by atoms with Crippen LogP contribution in [-0.4, -0.2) is 43.6 Å². The molecule has 0 radical (unpaired) electrons. The molecule has 0 aliphatic carbocycles. The standard InChI is InChI=1S/C32H34N2O7S/c1-8-15-40-23-13-11-21(16-26(23)38-9-2)17-27-30(35)34-29(22-12-14-24(41-19(4)5)25(18-22)37-7)28(31(36)39-10-3)20(6)33-32(34)42-27/h1,11-14,16-19,29H,9-10,15H2,2-7H3. The largest absolute Gasteiger partial charge is 0.493 e. The summed E-state index contributed by atoms with van der Waals surface area (Å²) in [5.74, 6) is 3.98. The van der Waals surface area contributed by atoms with Gasteiger partial charge in [-0.3, -0.25) is 9.36 Å². The molecule has 1 aromatic heterocycles. The summed E-state index contributed by atoms with van der Waals surface area (Å²) in [4.78, 5) is 32.3. The number of terminal acetylenes is 1. The molecule has 2 aromatic carbocycles. The molecule has 0 N–H and O–H groups in total. The van der Waals surface area contributed by atoms with Gasteiger partial charge < -0.3 is 23.7 Å². The Labute approximate surface area is 248 Å². The van der Waals surface area contributed by atoms with Crippen LogP contribution in [0.3, 0.4) is 0 Å². The number of aromatic nitrogens is 1. The van der Waals surface area contributed by atoms with E-state index in [0.29, 0.717) is 50.2 Å². The zero-order valence-corrected chi connectivity index (χ0v) is 25.4. The lowest BCUT2D eigenvalue weighted by Gasteiger charge is -2.25. The molecule has 10 heteroatoms. The van der Waals surface area contributed by atoms with Crippen molar-refractivity contribution in [2.45, 2.75) is 46.8 Å². The molecule has 42 heavy (non-hydrogen) atoms. The summed E-state index contributed by atoms with van der Waals surface area (Å²) in [5, 5.41) is 0. The molecule has 1 atom stereocenters. The highest BCUT2D eigenvalue weighted by Gasteiger charge is 2.34. The predicted molar refractivity (Wildman–Crippen MR) is 161 cm³/mol. The lowest BCUT2D eigenvalue weighted by atomic mass is 9.95. The van der Waals surface area contributed by atoms with Gasteiger partial charge in [0.05, 0.1) is 48.3 Å². The first-order valence-corrected chi connectivity index (χ1v) is 14.4. The molecule has 9 nitrogen and oxygen atoms in total. The summed E-state index contributed by atoms with van der Waals surface area (Å²) < 4.78 is 30.2. The maximum atomic E-state index is 14.0. The average molecular weight is 591 g/mol. The molecular formula is C32H34N2O7S. The van der Waals surface area contributed by atoms with Crippen LogP contribution in [-0.2, 0) is 9.53 Å². The Morgan fingerprint density at radius 3 is 2.52 bits per heavy atom. The molecule has 4 rings (SSSR count). The number of benzene rings is 2. The van der Waals surface area contributed by atoms with Gasteiger partial charge in [-0.2, -0.15) is 0 Å². The fraction of sp³-hybridized carbons (Fsp3) is 0.344. The monoisotopic (exact) mass is 590 g/mol. The Hall–Kier alpha value is -4.49. The van der Waals surface area contributed by atoms with E-state index in [0.717, 1.165) is 5.56 Å². The topological polar surface area (TPSA) is 97.6 Å². The zero-order valence-electron chi connectivity index (χ0n) is 24.6. The number of carbonyl (C=O) groups is 1. The first kappa shape index (κ1) is 30.5. The van der Waals surface area contributed by atoms with E-state index in [9.17, 15) is 9.59 Å². The fourth-order valence-corrected chi connectivity index (χ4v) is 5.63. The maximum Gasteiger partial charge on any atom is 0.338 e. The SMILES string of the molecule is C#CCOc1ccc(C=c2sc3n(c2=O)C(c2ccc(OC(C)C)c(OC)c2)C(C(=O)OCC)=C(C)N=3)cc1OCC. The molecule has 0 saturated heterocycles. The number of thiazole rings is 1. The molecule has 0 amide bonds. The van der Waals surface area contributed by atoms with E-state index < -0.39 is 12.0 Å². The maximum absolute atomic E-state index is 14.0. The molecule has 1 aliphatic rings. The van der Waals surface area contributed by atoms with Gasteiger partial charge in [0, 0.05) is 0 Å². The Bertz CT molecular complexity index is 1730. The van der Waals surface area contributed by atoms with Gasteiger partial charge in [-0.05, 0) is 76.1 Å². The molecule has 3 aromatic rings. The van der Waals surface area contributed by atoms with Gasteiger partial charge in [-0.25, -0.2) is 9.79 Å². The third kappa shape index (κ3) is 6.37. The van der Waals surface area contributed by atoms with E-state index >= 15 is 0 Å². The van der Waals surface area contributed by atoms with Crippen LogP contribution in [0.2, 0.25) is 0 Å². The Balaban J connectivity index is 1.89. The van der Waals surface area contributed by atoms with Crippen LogP contribution in [0, 0.1) is 12.3 Å². The van der Waals surface area contributed by atoms with E-state index in [4.69, 9.17) is 30.1 Å². The van der Waals surface area contributed by atoms with Gasteiger partial charge in [0.2, 0.25) is 0 Å². The number of allylic oxidation sites excluding steroid dienone is 1. The number of methoxy groups -OCH3 is 1. The minimum absolute atomic E-state index is 0.0687. The summed E-state index contributed by atoms with van der Waals surface area (Å²) in [5.41, 5.74) is 1.84. The lowest BCUT2D eigenvalue weighted by Crippen LogP contribution is -2.40. The first-order valence-electron chi connectivity index (χ1n) is 13.6. The van der Waals surface area contributed by atoms with Crippen LogP contribution < -0.4 is 33.8 Å². The van der Waals surface area contributed by atoms with Gasteiger partial charge >= 0.3 is 5.97 Å². The van der Waals surface area contributed by atoms with E-state index in [1.807, 2.05) is 32.9 Å². The molecule has 0 spiro atoms. The number of hydrogen-bond acceptors (Lipinski definition) is 9. The van der Waals surface area contributed by atoms with Gasteiger partial charge in [-0.1, -0.05) is 29.4 Å². The predicted octanol–water partition coefficient (Wildman–Crippen LogP) is 4.00. The van der Waals surface area contributed by atoms with Gasteiger partial charge in [0.1, 0.15) is 6.61 Å². The highest BCUT2D eigenvalue weighted by molar-refractivity contribution is 7.07. The van der Waals surface area contributed by atoms with Crippen molar-refractivity contribution in [3.63, 3.8) is 0 Å². The summed E-state index contributed by atoms with van der Waals surface area (Å²) in [7, 11) is 1.55. The van der Waals surface area contributed by atoms with Crippen molar-refractivity contribution in [2.75, 3.05) is 26.9 Å². The fourth-order valence-electron chi connectivity index (χ4n) is 4.59. The minimum atomic E-state index is -0.789. The average Bonchev–Trinajstić information content (AvgIpc) is 3.26. The Morgan fingerprint density at radius 2 is 1.86 bits per heavy atom. The Kier molecular flexibility index (Phi) is 9.76. The number of carbonyl (C=O) groups excluding carboxylic acids is 1. The number of esters is 1. The quantitative estimate of drug-likeness (QED) is 0.246. The number of hydrogen-bond donors (Lipinski definition) is 0. The molecule has 0 bridgehead atoms. The molecule has 1 unspecified atom stereocenters. The van der Waals surface area contributed by atoms with Crippen LogP contribution in [0.25, 0.3) is 6.08 Å². The molecule has 0 saturated carbocycles. The van der Waals surface area contributed by atoms with Crippen molar-refractivity contribution >= 4 is 23.4 Å². The number of ether oxygens (including phenoxy) is 5. The zero-order chi connectivity index (χ0) is 30.4. The van der Waals surface area contributed by atoms with Crippen LogP contribution in [0.4, 0.5) is 0 Å². The third-order valence-corrected chi connectivity index (χ3v) is 7.24. The van der Waals surface area contributed by atoms with E-state index in [2.05, 4.69) is 10.9 Å². The number of nitrogens with zero attached hydrogens (tertiary/aromatic N) is 2. The van der Waals surface area contributed by atoms with Gasteiger partial charge in [0.15, 0.2) is 27.8 Å². The number of fused-ring (bicyclic) bond motifs is 1.